The third kappa shape index (κ3) is 3.20. The van der Waals surface area contributed by atoms with Crippen molar-refractivity contribution in [1.82, 2.24) is 0 Å². The van der Waals surface area contributed by atoms with Crippen LogP contribution in [-0.2, 0) is 0 Å². The van der Waals surface area contributed by atoms with Gasteiger partial charge in [-0.1, -0.05) is 30.1 Å². The maximum Gasteiger partial charge on any atom is 0.167 e. The van der Waals surface area contributed by atoms with Crippen LogP contribution in [0.25, 0.3) is 0 Å². The molecule has 0 aliphatic heterocycles. The van der Waals surface area contributed by atoms with Crippen LogP contribution in [0.2, 0.25) is 10.0 Å². The van der Waals surface area contributed by atoms with Crippen LogP contribution in [0.1, 0.15) is 23.7 Å². The van der Waals surface area contributed by atoms with E-state index in [4.69, 9.17) is 28.9 Å². The Morgan fingerprint density at radius 1 is 1.47 bits per heavy atom. The number of ketones is 1. The first-order valence-corrected chi connectivity index (χ1v) is 5.51. The van der Waals surface area contributed by atoms with Gasteiger partial charge < -0.3 is 5.73 Å². The molecule has 0 heterocycles. The fourth-order valence-corrected chi connectivity index (χ4v) is 1.84. The minimum Gasteiger partial charge on any atom is -0.330 e. The van der Waals surface area contributed by atoms with Crippen LogP contribution in [0.3, 0.4) is 0 Å². The highest BCUT2D eigenvalue weighted by Crippen LogP contribution is 2.24. The second-order valence-corrected chi connectivity index (χ2v) is 4.31. The third-order valence-electron chi connectivity index (χ3n) is 2.24. The Bertz CT molecular complexity index is 366. The van der Waals surface area contributed by atoms with Gasteiger partial charge in [-0.25, -0.2) is 0 Å². The molecule has 1 atom stereocenters. The van der Waals surface area contributed by atoms with Crippen molar-refractivity contribution in [2.45, 2.75) is 13.3 Å². The number of nitrogens with two attached hydrogens (primary N) is 1. The Balaban J connectivity index is 2.91. The van der Waals surface area contributed by atoms with Gasteiger partial charge in [-0.2, -0.15) is 0 Å². The van der Waals surface area contributed by atoms with Gasteiger partial charge in [0, 0.05) is 16.5 Å². The van der Waals surface area contributed by atoms with Crippen molar-refractivity contribution in [3.05, 3.63) is 33.8 Å². The zero-order chi connectivity index (χ0) is 11.4. The van der Waals surface area contributed by atoms with Gasteiger partial charge in [0.25, 0.3) is 0 Å². The van der Waals surface area contributed by atoms with Crippen LogP contribution >= 0.6 is 23.2 Å². The van der Waals surface area contributed by atoms with E-state index in [1.165, 1.54) is 0 Å². The van der Waals surface area contributed by atoms with E-state index >= 15 is 0 Å². The molecule has 2 N–H and O–H groups in total. The molecule has 0 aromatic heterocycles. The topological polar surface area (TPSA) is 43.1 Å². The van der Waals surface area contributed by atoms with Gasteiger partial charge in [0.15, 0.2) is 5.78 Å². The maximum absolute atomic E-state index is 11.9. The van der Waals surface area contributed by atoms with Gasteiger partial charge in [-0.05, 0) is 31.2 Å². The lowest BCUT2D eigenvalue weighted by molar-refractivity contribution is 0.0925. The van der Waals surface area contributed by atoms with Crippen molar-refractivity contribution in [3.63, 3.8) is 0 Å². The number of rotatable bonds is 4. The van der Waals surface area contributed by atoms with E-state index in [1.54, 1.807) is 18.2 Å². The van der Waals surface area contributed by atoms with E-state index in [9.17, 15) is 4.79 Å². The molecule has 0 spiro atoms. The Kier molecular flexibility index (Phi) is 4.58. The SMILES string of the molecule is CC(CCN)C(=O)c1ccc(Cl)cc1Cl. The molecule has 1 aromatic carbocycles. The van der Waals surface area contributed by atoms with Crippen molar-refractivity contribution < 1.29 is 4.79 Å². The van der Waals surface area contributed by atoms with E-state index in [2.05, 4.69) is 0 Å². The molecule has 0 aliphatic rings. The molecule has 82 valence electrons. The minimum atomic E-state index is -0.103. The Morgan fingerprint density at radius 2 is 2.13 bits per heavy atom. The van der Waals surface area contributed by atoms with Gasteiger partial charge in [-0.3, -0.25) is 4.79 Å². The molecule has 0 amide bonds. The first-order valence-electron chi connectivity index (χ1n) is 4.75. The summed E-state index contributed by atoms with van der Waals surface area (Å²) in [5, 5.41) is 0.930. The lowest BCUT2D eigenvalue weighted by atomic mass is 9.96. The molecular weight excluding hydrogens is 233 g/mol. The Morgan fingerprint density at radius 3 is 2.67 bits per heavy atom. The summed E-state index contributed by atoms with van der Waals surface area (Å²) >= 11 is 11.7. The van der Waals surface area contributed by atoms with E-state index in [1.807, 2.05) is 6.92 Å². The summed E-state index contributed by atoms with van der Waals surface area (Å²) in [5.41, 5.74) is 5.92. The van der Waals surface area contributed by atoms with Crippen LogP contribution in [-0.4, -0.2) is 12.3 Å². The number of hydrogen-bond donors (Lipinski definition) is 1. The molecule has 1 unspecified atom stereocenters. The summed E-state index contributed by atoms with van der Waals surface area (Å²) in [6.45, 7) is 2.35. The highest BCUT2D eigenvalue weighted by atomic mass is 35.5. The van der Waals surface area contributed by atoms with Gasteiger partial charge in [0.05, 0.1) is 5.02 Å². The van der Waals surface area contributed by atoms with E-state index < -0.39 is 0 Å². The molecule has 0 saturated heterocycles. The predicted molar refractivity (Wildman–Crippen MR) is 63.6 cm³/mol. The van der Waals surface area contributed by atoms with E-state index in [0.717, 1.165) is 0 Å². The summed E-state index contributed by atoms with van der Waals surface area (Å²) < 4.78 is 0. The quantitative estimate of drug-likeness (QED) is 0.829. The van der Waals surface area contributed by atoms with Crippen LogP contribution in [0.5, 0.6) is 0 Å². The van der Waals surface area contributed by atoms with Crippen LogP contribution in [0, 0.1) is 5.92 Å². The van der Waals surface area contributed by atoms with Crippen molar-refractivity contribution >= 4 is 29.0 Å². The number of Topliss-reactive ketones (excluding diaryl/α,β-unsaturated/α-hetero) is 1. The second kappa shape index (κ2) is 5.50. The van der Waals surface area contributed by atoms with Crippen molar-refractivity contribution in [1.29, 1.82) is 0 Å². The fourth-order valence-electron chi connectivity index (χ4n) is 1.34. The monoisotopic (exact) mass is 245 g/mol. The van der Waals surface area contributed by atoms with Crippen LogP contribution in [0.15, 0.2) is 18.2 Å². The highest BCUT2D eigenvalue weighted by molar-refractivity contribution is 6.36. The summed E-state index contributed by atoms with van der Waals surface area (Å²) in [4.78, 5) is 11.9. The number of benzene rings is 1. The fraction of sp³-hybridized carbons (Fsp3) is 0.364. The summed E-state index contributed by atoms with van der Waals surface area (Å²) in [5.74, 6) is -0.0872. The second-order valence-electron chi connectivity index (χ2n) is 3.47. The van der Waals surface area contributed by atoms with E-state index in [-0.39, 0.29) is 11.7 Å². The minimum absolute atomic E-state index is 0.0158. The molecule has 0 aliphatic carbocycles. The maximum atomic E-state index is 11.9. The zero-order valence-corrected chi connectivity index (χ0v) is 9.98. The molecule has 0 bridgehead atoms. The van der Waals surface area contributed by atoms with Crippen molar-refractivity contribution in [2.75, 3.05) is 6.54 Å². The number of carbonyl (C=O) groups is 1. The predicted octanol–water partition coefficient (Wildman–Crippen LogP) is 3.16. The Hall–Kier alpha value is -0.570. The standard InChI is InChI=1S/C11H13Cl2NO/c1-7(4-5-14)11(15)9-3-2-8(12)6-10(9)13/h2-3,6-7H,4-5,14H2,1H3. The lowest BCUT2D eigenvalue weighted by Gasteiger charge is -2.10. The van der Waals surface area contributed by atoms with Gasteiger partial charge in [0.2, 0.25) is 0 Å². The van der Waals surface area contributed by atoms with Crippen molar-refractivity contribution in [2.24, 2.45) is 11.7 Å². The molecule has 1 rings (SSSR count). The number of hydrogen-bond acceptors (Lipinski definition) is 2. The van der Waals surface area contributed by atoms with Crippen LogP contribution in [0.4, 0.5) is 0 Å². The zero-order valence-electron chi connectivity index (χ0n) is 8.47. The van der Waals surface area contributed by atoms with Crippen LogP contribution < -0.4 is 5.73 Å². The average Bonchev–Trinajstić information content (AvgIpc) is 2.17. The summed E-state index contributed by atoms with van der Waals surface area (Å²) in [6, 6.07) is 4.89. The van der Waals surface area contributed by atoms with Gasteiger partial charge in [0.1, 0.15) is 0 Å². The highest BCUT2D eigenvalue weighted by Gasteiger charge is 2.17. The average molecular weight is 246 g/mol. The molecular formula is C11H13Cl2NO. The largest absolute Gasteiger partial charge is 0.330 e. The molecule has 4 heteroatoms. The van der Waals surface area contributed by atoms with Crippen molar-refractivity contribution in [3.8, 4) is 0 Å². The van der Waals surface area contributed by atoms with Gasteiger partial charge >= 0.3 is 0 Å². The molecule has 15 heavy (non-hydrogen) atoms. The normalized spacial score (nSPS) is 12.5. The molecule has 0 saturated carbocycles. The Labute approximate surface area is 99.4 Å². The summed E-state index contributed by atoms with van der Waals surface area (Å²) in [6.07, 6.45) is 0.664. The smallest absolute Gasteiger partial charge is 0.167 e. The first kappa shape index (κ1) is 12.5. The first-order chi connectivity index (χ1) is 7.06. The van der Waals surface area contributed by atoms with E-state index in [0.29, 0.717) is 28.6 Å². The molecule has 0 radical (unpaired) electrons. The lowest BCUT2D eigenvalue weighted by Crippen LogP contribution is -2.16. The molecule has 2 nitrogen and oxygen atoms in total. The third-order valence-corrected chi connectivity index (χ3v) is 2.79. The molecule has 1 aromatic rings. The molecule has 0 fully saturated rings. The number of halogens is 2. The number of carbonyl (C=O) groups excluding carboxylic acids is 1. The van der Waals surface area contributed by atoms with Gasteiger partial charge in [-0.15, -0.1) is 0 Å². The summed E-state index contributed by atoms with van der Waals surface area (Å²) in [7, 11) is 0.